The number of hydrogen-bond acceptors (Lipinski definition) is 5. The number of aromatic nitrogens is 1. The van der Waals surface area contributed by atoms with Crippen molar-refractivity contribution in [1.29, 1.82) is 0 Å². The minimum Gasteiger partial charge on any atom is -0.383 e. The van der Waals surface area contributed by atoms with E-state index in [9.17, 15) is 4.79 Å². The maximum atomic E-state index is 11.3. The van der Waals surface area contributed by atoms with Crippen molar-refractivity contribution in [3.63, 3.8) is 0 Å². The Balaban J connectivity index is 0.000000203. The van der Waals surface area contributed by atoms with E-state index in [1.54, 1.807) is 12.3 Å². The fourth-order valence-electron chi connectivity index (χ4n) is 4.16. The SMILES string of the molecule is CN(C)Cc1ccc(-c2cnc(N)c(C(N)=O)c2)cc1.Cc1ccc(COC2CCCC2)cc1C. The van der Waals surface area contributed by atoms with Gasteiger partial charge in [-0.25, -0.2) is 4.98 Å². The van der Waals surface area contributed by atoms with Gasteiger partial charge in [-0.2, -0.15) is 0 Å². The molecule has 0 unspecified atom stereocenters. The van der Waals surface area contributed by atoms with Gasteiger partial charge in [0.15, 0.2) is 0 Å². The molecule has 0 radical (unpaired) electrons. The van der Waals surface area contributed by atoms with Crippen LogP contribution in [-0.4, -0.2) is 36.0 Å². The van der Waals surface area contributed by atoms with Crippen LogP contribution < -0.4 is 11.5 Å². The molecule has 3 aromatic rings. The monoisotopic (exact) mass is 474 g/mol. The first-order chi connectivity index (χ1) is 16.7. The van der Waals surface area contributed by atoms with Gasteiger partial charge in [-0.3, -0.25) is 4.79 Å². The van der Waals surface area contributed by atoms with Gasteiger partial charge in [0.2, 0.25) is 0 Å². The van der Waals surface area contributed by atoms with Crippen molar-refractivity contribution >= 4 is 11.7 Å². The van der Waals surface area contributed by atoms with Crippen molar-refractivity contribution < 1.29 is 9.53 Å². The number of amides is 1. The van der Waals surface area contributed by atoms with Crippen LogP contribution in [0.1, 0.15) is 58.3 Å². The molecule has 35 heavy (non-hydrogen) atoms. The third-order valence-corrected chi connectivity index (χ3v) is 6.33. The van der Waals surface area contributed by atoms with E-state index < -0.39 is 5.91 Å². The average Bonchev–Trinajstić information content (AvgIpc) is 3.34. The number of ether oxygens (including phenoxy) is 1. The molecule has 1 aliphatic rings. The summed E-state index contributed by atoms with van der Waals surface area (Å²) in [4.78, 5) is 17.4. The van der Waals surface area contributed by atoms with Crippen LogP contribution in [-0.2, 0) is 17.9 Å². The Kier molecular flexibility index (Phi) is 9.40. The van der Waals surface area contributed by atoms with E-state index in [0.717, 1.165) is 24.3 Å². The number of nitrogen functional groups attached to an aromatic ring is 1. The molecule has 1 amide bonds. The summed E-state index contributed by atoms with van der Waals surface area (Å²) in [5.74, 6) is -0.411. The van der Waals surface area contributed by atoms with Crippen LogP contribution in [0.5, 0.6) is 0 Å². The van der Waals surface area contributed by atoms with Crippen molar-refractivity contribution in [2.75, 3.05) is 19.8 Å². The van der Waals surface area contributed by atoms with Crippen LogP contribution in [0, 0.1) is 13.8 Å². The predicted octanol–water partition coefficient (Wildman–Crippen LogP) is 5.25. The summed E-state index contributed by atoms with van der Waals surface area (Å²) in [5, 5.41) is 0. The first kappa shape index (κ1) is 26.4. The van der Waals surface area contributed by atoms with E-state index in [2.05, 4.69) is 54.1 Å². The number of pyridine rings is 1. The zero-order chi connectivity index (χ0) is 25.4. The van der Waals surface area contributed by atoms with Gasteiger partial charge >= 0.3 is 0 Å². The summed E-state index contributed by atoms with van der Waals surface area (Å²) in [5.41, 5.74) is 18.2. The largest absolute Gasteiger partial charge is 0.383 e. The highest BCUT2D eigenvalue weighted by Crippen LogP contribution is 2.23. The molecular weight excluding hydrogens is 436 g/mol. The molecule has 4 N–H and O–H groups in total. The first-order valence-corrected chi connectivity index (χ1v) is 12.2. The first-order valence-electron chi connectivity index (χ1n) is 12.2. The standard InChI is InChI=1S/C15H18N4O.C14H20O/c1-19(2)9-10-3-5-11(6-4-10)12-7-13(15(17)20)14(16)18-8-12;1-11-7-8-13(9-12(11)2)10-15-14-5-3-4-6-14/h3-8H,9H2,1-2H3,(H2,16,18)(H2,17,20);7-9,14H,3-6,10H2,1-2H3. The molecule has 1 heterocycles. The van der Waals surface area contributed by atoms with Crippen molar-refractivity contribution in [3.8, 4) is 11.1 Å². The minimum atomic E-state index is -0.568. The molecule has 0 spiro atoms. The molecule has 186 valence electrons. The Labute approximate surface area is 209 Å². The lowest BCUT2D eigenvalue weighted by Gasteiger charge is -2.11. The number of carbonyl (C=O) groups excluding carboxylic acids is 1. The van der Waals surface area contributed by atoms with E-state index in [4.69, 9.17) is 16.2 Å². The highest BCUT2D eigenvalue weighted by molar-refractivity contribution is 5.98. The number of carbonyl (C=O) groups is 1. The highest BCUT2D eigenvalue weighted by atomic mass is 16.5. The number of aryl methyl sites for hydroxylation is 2. The Bertz CT molecular complexity index is 1120. The Morgan fingerprint density at radius 1 is 0.971 bits per heavy atom. The lowest BCUT2D eigenvalue weighted by molar-refractivity contribution is 0.0456. The number of rotatable bonds is 7. The summed E-state index contributed by atoms with van der Waals surface area (Å²) in [6.07, 6.45) is 7.36. The van der Waals surface area contributed by atoms with Crippen molar-refractivity contribution in [1.82, 2.24) is 9.88 Å². The molecule has 2 aromatic carbocycles. The normalized spacial score (nSPS) is 13.5. The molecule has 0 aliphatic heterocycles. The van der Waals surface area contributed by atoms with Crippen molar-refractivity contribution in [2.45, 2.75) is 58.8 Å². The predicted molar refractivity (Wildman–Crippen MR) is 143 cm³/mol. The lowest BCUT2D eigenvalue weighted by atomic mass is 10.0. The second-order valence-corrected chi connectivity index (χ2v) is 9.59. The van der Waals surface area contributed by atoms with Crippen LogP contribution in [0.25, 0.3) is 11.1 Å². The summed E-state index contributed by atoms with van der Waals surface area (Å²) in [6, 6.07) is 16.4. The Hall–Kier alpha value is -3.22. The van der Waals surface area contributed by atoms with E-state index in [1.807, 2.05) is 26.2 Å². The number of anilines is 1. The van der Waals surface area contributed by atoms with E-state index >= 15 is 0 Å². The molecule has 4 rings (SSSR count). The van der Waals surface area contributed by atoms with Gasteiger partial charge < -0.3 is 21.1 Å². The molecule has 0 saturated heterocycles. The highest BCUT2D eigenvalue weighted by Gasteiger charge is 2.15. The summed E-state index contributed by atoms with van der Waals surface area (Å²) < 4.78 is 5.88. The molecular formula is C29H38N4O2. The van der Waals surface area contributed by atoms with E-state index in [0.29, 0.717) is 6.10 Å². The van der Waals surface area contributed by atoms with Crippen LogP contribution in [0.4, 0.5) is 5.82 Å². The molecule has 1 saturated carbocycles. The third kappa shape index (κ3) is 7.91. The van der Waals surface area contributed by atoms with Gasteiger partial charge in [0.1, 0.15) is 5.82 Å². The van der Waals surface area contributed by atoms with Crippen LogP contribution in [0.15, 0.2) is 54.7 Å². The van der Waals surface area contributed by atoms with Gasteiger partial charge in [0.25, 0.3) is 5.91 Å². The smallest absolute Gasteiger partial charge is 0.252 e. The average molecular weight is 475 g/mol. The molecule has 6 nitrogen and oxygen atoms in total. The van der Waals surface area contributed by atoms with Crippen LogP contribution in [0.3, 0.4) is 0 Å². The van der Waals surface area contributed by atoms with Crippen molar-refractivity contribution in [2.24, 2.45) is 5.73 Å². The fourth-order valence-corrected chi connectivity index (χ4v) is 4.16. The number of benzene rings is 2. The molecule has 1 fully saturated rings. The number of nitrogens with two attached hydrogens (primary N) is 2. The molecule has 6 heteroatoms. The zero-order valence-electron chi connectivity index (χ0n) is 21.4. The number of hydrogen-bond donors (Lipinski definition) is 2. The van der Waals surface area contributed by atoms with Gasteiger partial charge in [-0.15, -0.1) is 0 Å². The molecule has 1 aromatic heterocycles. The topological polar surface area (TPSA) is 94.5 Å². The molecule has 0 bridgehead atoms. The Morgan fingerprint density at radius 3 is 2.23 bits per heavy atom. The van der Waals surface area contributed by atoms with Gasteiger partial charge in [0, 0.05) is 18.3 Å². The van der Waals surface area contributed by atoms with E-state index in [1.165, 1.54) is 47.9 Å². The fraction of sp³-hybridized carbons (Fsp3) is 0.379. The maximum Gasteiger partial charge on any atom is 0.252 e. The molecule has 0 atom stereocenters. The van der Waals surface area contributed by atoms with Gasteiger partial charge in [0.05, 0.1) is 18.3 Å². The maximum absolute atomic E-state index is 11.3. The quantitative estimate of drug-likeness (QED) is 0.487. The lowest BCUT2D eigenvalue weighted by Crippen LogP contribution is -2.14. The number of nitrogens with zero attached hydrogens (tertiary/aromatic N) is 2. The van der Waals surface area contributed by atoms with Crippen molar-refractivity contribution in [3.05, 3.63) is 82.5 Å². The summed E-state index contributed by atoms with van der Waals surface area (Å²) in [7, 11) is 4.05. The Morgan fingerprint density at radius 2 is 1.63 bits per heavy atom. The minimum absolute atomic E-state index is 0.158. The van der Waals surface area contributed by atoms with Gasteiger partial charge in [-0.05, 0) is 74.7 Å². The van der Waals surface area contributed by atoms with Crippen LogP contribution in [0.2, 0.25) is 0 Å². The number of primary amides is 1. The zero-order valence-corrected chi connectivity index (χ0v) is 21.4. The van der Waals surface area contributed by atoms with E-state index in [-0.39, 0.29) is 11.4 Å². The second-order valence-electron chi connectivity index (χ2n) is 9.59. The second kappa shape index (κ2) is 12.5. The molecule has 1 aliphatic carbocycles. The summed E-state index contributed by atoms with van der Waals surface area (Å²) >= 11 is 0. The summed E-state index contributed by atoms with van der Waals surface area (Å²) in [6.45, 7) is 5.98. The van der Waals surface area contributed by atoms with Gasteiger partial charge in [-0.1, -0.05) is 55.3 Å². The third-order valence-electron chi connectivity index (χ3n) is 6.33. The van der Waals surface area contributed by atoms with Crippen LogP contribution >= 0.6 is 0 Å².